The highest BCUT2D eigenvalue weighted by atomic mass is 79.9. The van der Waals surface area contributed by atoms with Crippen molar-refractivity contribution in [1.82, 2.24) is 15.2 Å². The van der Waals surface area contributed by atoms with Gasteiger partial charge in [0.2, 0.25) is 5.91 Å². The molecule has 0 atom stereocenters. The normalized spacial score (nSPS) is 11.6. The predicted octanol–water partition coefficient (Wildman–Crippen LogP) is 1.04. The second-order valence-corrected chi connectivity index (χ2v) is 3.76. The van der Waals surface area contributed by atoms with E-state index in [4.69, 9.17) is 5.84 Å². The molecule has 16 heavy (non-hydrogen) atoms. The van der Waals surface area contributed by atoms with Crippen molar-refractivity contribution in [3.63, 3.8) is 0 Å². The van der Waals surface area contributed by atoms with Crippen molar-refractivity contribution in [3.05, 3.63) is 16.4 Å². The standard InChI is InChI=1S/C7H8BrF3N4O/c8-4-3-15(2-1-5(16)13-12)14-6(4)7(9,10)11/h3H,1-2,12H2,(H,13,16). The molecule has 0 aliphatic rings. The number of aryl methyl sites for hydroxylation is 1. The second kappa shape index (κ2) is 4.83. The van der Waals surface area contributed by atoms with Gasteiger partial charge in [0.25, 0.3) is 0 Å². The summed E-state index contributed by atoms with van der Waals surface area (Å²) in [5.41, 5.74) is 0.860. The molecule has 0 saturated carbocycles. The van der Waals surface area contributed by atoms with Crippen LogP contribution >= 0.6 is 15.9 Å². The number of nitrogens with zero attached hydrogens (tertiary/aromatic N) is 2. The number of aromatic nitrogens is 2. The van der Waals surface area contributed by atoms with Crippen molar-refractivity contribution in [3.8, 4) is 0 Å². The van der Waals surface area contributed by atoms with E-state index in [1.165, 1.54) is 0 Å². The van der Waals surface area contributed by atoms with E-state index in [9.17, 15) is 18.0 Å². The highest BCUT2D eigenvalue weighted by Gasteiger charge is 2.36. The molecule has 0 spiro atoms. The van der Waals surface area contributed by atoms with E-state index in [-0.39, 0.29) is 17.4 Å². The van der Waals surface area contributed by atoms with E-state index in [2.05, 4.69) is 21.0 Å². The third kappa shape index (κ3) is 3.20. The number of amides is 1. The van der Waals surface area contributed by atoms with Crippen LogP contribution in [0.4, 0.5) is 13.2 Å². The van der Waals surface area contributed by atoms with Crippen LogP contribution in [0.2, 0.25) is 0 Å². The van der Waals surface area contributed by atoms with E-state index in [0.29, 0.717) is 0 Å². The molecule has 0 saturated heterocycles. The first-order valence-electron chi connectivity index (χ1n) is 4.14. The quantitative estimate of drug-likeness (QED) is 0.498. The van der Waals surface area contributed by atoms with Gasteiger partial charge < -0.3 is 0 Å². The number of hydrogen-bond donors (Lipinski definition) is 2. The number of hydrogen-bond acceptors (Lipinski definition) is 3. The molecule has 1 amide bonds. The van der Waals surface area contributed by atoms with Crippen molar-refractivity contribution < 1.29 is 18.0 Å². The van der Waals surface area contributed by atoms with Gasteiger partial charge in [-0.1, -0.05) is 0 Å². The van der Waals surface area contributed by atoms with Crippen LogP contribution in [0.25, 0.3) is 0 Å². The second-order valence-electron chi connectivity index (χ2n) is 2.90. The monoisotopic (exact) mass is 300 g/mol. The Labute approximate surface area is 96.9 Å². The molecule has 9 heteroatoms. The van der Waals surface area contributed by atoms with Crippen LogP contribution in [0, 0.1) is 0 Å². The number of nitrogens with two attached hydrogens (primary N) is 1. The molecular formula is C7H8BrF3N4O. The number of halogens is 4. The molecule has 1 rings (SSSR count). The zero-order valence-electron chi connectivity index (χ0n) is 7.88. The van der Waals surface area contributed by atoms with Gasteiger partial charge in [0.05, 0.1) is 4.47 Å². The summed E-state index contributed by atoms with van der Waals surface area (Å²) >= 11 is 2.75. The number of hydrazine groups is 1. The van der Waals surface area contributed by atoms with E-state index in [0.717, 1.165) is 10.9 Å². The minimum absolute atomic E-state index is 0.0255. The van der Waals surface area contributed by atoms with Crippen molar-refractivity contribution >= 4 is 21.8 Å². The summed E-state index contributed by atoms with van der Waals surface area (Å²) in [7, 11) is 0. The number of nitrogens with one attached hydrogen (secondary N) is 1. The molecule has 90 valence electrons. The lowest BCUT2D eigenvalue weighted by Gasteiger charge is -2.02. The van der Waals surface area contributed by atoms with E-state index in [1.54, 1.807) is 0 Å². The lowest BCUT2D eigenvalue weighted by atomic mass is 10.4. The Hall–Kier alpha value is -1.09. The summed E-state index contributed by atoms with van der Waals surface area (Å²) in [4.78, 5) is 10.8. The first-order chi connectivity index (χ1) is 7.34. The molecule has 0 fully saturated rings. The predicted molar refractivity (Wildman–Crippen MR) is 51.9 cm³/mol. The van der Waals surface area contributed by atoms with Gasteiger partial charge >= 0.3 is 6.18 Å². The number of alkyl halides is 3. The van der Waals surface area contributed by atoms with Gasteiger partial charge in [-0.15, -0.1) is 0 Å². The van der Waals surface area contributed by atoms with Gasteiger partial charge in [-0.25, -0.2) is 5.84 Å². The summed E-state index contributed by atoms with van der Waals surface area (Å²) in [5.74, 6) is 4.35. The van der Waals surface area contributed by atoms with E-state index >= 15 is 0 Å². The number of carbonyl (C=O) groups excluding carboxylic acids is 1. The minimum atomic E-state index is -4.51. The van der Waals surface area contributed by atoms with Crippen LogP contribution in [0.1, 0.15) is 12.1 Å². The molecule has 0 aliphatic carbocycles. The van der Waals surface area contributed by atoms with Crippen LogP contribution in [-0.4, -0.2) is 15.7 Å². The molecule has 1 heterocycles. The van der Waals surface area contributed by atoms with Crippen LogP contribution in [0.5, 0.6) is 0 Å². The van der Waals surface area contributed by atoms with Crippen molar-refractivity contribution in [2.24, 2.45) is 5.84 Å². The third-order valence-corrected chi connectivity index (χ3v) is 2.29. The van der Waals surface area contributed by atoms with Gasteiger partial charge in [-0.05, 0) is 15.9 Å². The summed E-state index contributed by atoms with van der Waals surface area (Å²) in [6.07, 6.45) is -3.39. The Morgan fingerprint density at radius 1 is 1.62 bits per heavy atom. The van der Waals surface area contributed by atoms with Crippen molar-refractivity contribution in [2.45, 2.75) is 19.1 Å². The zero-order chi connectivity index (χ0) is 12.3. The van der Waals surface area contributed by atoms with E-state index < -0.39 is 17.8 Å². The Morgan fingerprint density at radius 3 is 2.69 bits per heavy atom. The maximum absolute atomic E-state index is 12.3. The SMILES string of the molecule is NNC(=O)CCn1cc(Br)c(C(F)(F)F)n1. The summed E-state index contributed by atoms with van der Waals surface area (Å²) < 4.78 is 37.8. The topological polar surface area (TPSA) is 72.9 Å². The molecule has 1 aromatic rings. The number of rotatable bonds is 3. The van der Waals surface area contributed by atoms with Gasteiger partial charge in [0.15, 0.2) is 5.69 Å². The van der Waals surface area contributed by atoms with Gasteiger partial charge in [-0.3, -0.25) is 14.9 Å². The lowest BCUT2D eigenvalue weighted by Crippen LogP contribution is -2.30. The van der Waals surface area contributed by atoms with Crippen LogP contribution in [0.15, 0.2) is 10.7 Å². The summed E-state index contributed by atoms with van der Waals surface area (Å²) in [6, 6.07) is 0. The average Bonchev–Trinajstić information content (AvgIpc) is 2.55. The maximum atomic E-state index is 12.3. The fourth-order valence-electron chi connectivity index (χ4n) is 0.992. The number of carbonyl (C=O) groups is 1. The zero-order valence-corrected chi connectivity index (χ0v) is 9.47. The molecule has 5 nitrogen and oxygen atoms in total. The molecule has 3 N–H and O–H groups in total. The average molecular weight is 301 g/mol. The Bertz CT molecular complexity index is 389. The van der Waals surface area contributed by atoms with Crippen LogP contribution in [-0.2, 0) is 17.5 Å². The fraction of sp³-hybridized carbons (Fsp3) is 0.429. The fourth-order valence-corrected chi connectivity index (χ4v) is 1.53. The molecule has 1 aromatic heterocycles. The van der Waals surface area contributed by atoms with Gasteiger partial charge in [0, 0.05) is 19.2 Å². The first kappa shape index (κ1) is 13.0. The molecule has 0 bridgehead atoms. The lowest BCUT2D eigenvalue weighted by molar-refractivity contribution is -0.142. The van der Waals surface area contributed by atoms with Crippen LogP contribution in [0.3, 0.4) is 0 Å². The Balaban J connectivity index is 2.74. The molecule has 0 aliphatic heterocycles. The Morgan fingerprint density at radius 2 is 2.25 bits per heavy atom. The van der Waals surface area contributed by atoms with Crippen LogP contribution < -0.4 is 11.3 Å². The van der Waals surface area contributed by atoms with E-state index in [1.807, 2.05) is 5.43 Å². The first-order valence-corrected chi connectivity index (χ1v) is 4.93. The molecular weight excluding hydrogens is 293 g/mol. The summed E-state index contributed by atoms with van der Waals surface area (Å²) in [5, 5.41) is 3.31. The van der Waals surface area contributed by atoms with Crippen molar-refractivity contribution in [2.75, 3.05) is 0 Å². The van der Waals surface area contributed by atoms with Crippen molar-refractivity contribution in [1.29, 1.82) is 0 Å². The Kier molecular flexibility index (Phi) is 3.92. The maximum Gasteiger partial charge on any atom is 0.436 e. The highest BCUT2D eigenvalue weighted by molar-refractivity contribution is 9.10. The van der Waals surface area contributed by atoms with Gasteiger partial charge in [0.1, 0.15) is 0 Å². The largest absolute Gasteiger partial charge is 0.436 e. The minimum Gasteiger partial charge on any atom is -0.294 e. The molecule has 0 unspecified atom stereocenters. The highest BCUT2D eigenvalue weighted by Crippen LogP contribution is 2.33. The summed E-state index contributed by atoms with van der Waals surface area (Å²) in [6.45, 7) is 0.0255. The van der Waals surface area contributed by atoms with Gasteiger partial charge in [-0.2, -0.15) is 18.3 Å². The molecule has 0 aromatic carbocycles. The third-order valence-electron chi connectivity index (χ3n) is 1.71. The smallest absolute Gasteiger partial charge is 0.294 e. The molecule has 0 radical (unpaired) electrons.